The van der Waals surface area contributed by atoms with Crippen molar-refractivity contribution in [1.82, 2.24) is 0 Å². The summed E-state index contributed by atoms with van der Waals surface area (Å²) < 4.78 is 17.4. The van der Waals surface area contributed by atoms with Crippen LogP contribution in [0.1, 0.15) is 0 Å². The minimum atomic E-state index is -0.303. The molecule has 0 amide bonds. The second-order valence-electron chi connectivity index (χ2n) is 2.11. The van der Waals surface area contributed by atoms with Crippen LogP contribution in [-0.4, -0.2) is 0 Å². The quantitative estimate of drug-likeness (QED) is 0.542. The first-order valence-electron chi connectivity index (χ1n) is 2.98. The van der Waals surface area contributed by atoms with Crippen molar-refractivity contribution in [3.05, 3.63) is 36.5 Å². The Kier molecular flexibility index (Phi) is 1.01. The van der Waals surface area contributed by atoms with E-state index in [0.29, 0.717) is 5.56 Å². The summed E-state index contributed by atoms with van der Waals surface area (Å²) in [6.45, 7) is 0. The van der Waals surface area contributed by atoms with Crippen molar-refractivity contribution in [2.75, 3.05) is 0 Å². The highest BCUT2D eigenvalue weighted by atomic mass is 19.1. The molecule has 0 fully saturated rings. The third-order valence-corrected chi connectivity index (χ3v) is 1.47. The van der Waals surface area contributed by atoms with Crippen LogP contribution in [0.3, 0.4) is 0 Å². The maximum atomic E-state index is 12.7. The Bertz CT molecular complexity index is 313. The van der Waals surface area contributed by atoms with E-state index in [4.69, 9.17) is 4.42 Å². The van der Waals surface area contributed by atoms with Crippen molar-refractivity contribution in [3.63, 3.8) is 0 Å². The van der Waals surface area contributed by atoms with Gasteiger partial charge in [0.05, 0.1) is 6.26 Å². The van der Waals surface area contributed by atoms with E-state index in [1.54, 1.807) is 12.1 Å². The number of halogens is 1. The fourth-order valence-electron chi connectivity index (χ4n) is 0.985. The van der Waals surface area contributed by atoms with Gasteiger partial charge in [-0.3, -0.25) is 0 Å². The van der Waals surface area contributed by atoms with Crippen molar-refractivity contribution in [2.24, 2.45) is 0 Å². The van der Waals surface area contributed by atoms with E-state index in [1.165, 1.54) is 6.26 Å². The molecular weight excluding hydrogens is 131 g/mol. The van der Waals surface area contributed by atoms with Crippen molar-refractivity contribution >= 4 is 0 Å². The van der Waals surface area contributed by atoms with E-state index >= 15 is 0 Å². The topological polar surface area (TPSA) is 13.1 Å². The molecule has 0 aromatic rings. The molecule has 2 aliphatic rings. The number of hydrogen-bond acceptors (Lipinski definition) is 1. The molecule has 2 heteroatoms. The van der Waals surface area contributed by atoms with Gasteiger partial charge in [0.1, 0.15) is 6.26 Å². The van der Waals surface area contributed by atoms with Crippen LogP contribution in [0, 0.1) is 5.82 Å². The van der Waals surface area contributed by atoms with E-state index in [1.807, 2.05) is 6.07 Å². The molecule has 1 aliphatic carbocycles. The Hall–Kier alpha value is -1.31. The third-order valence-electron chi connectivity index (χ3n) is 1.47. The Morgan fingerprint density at radius 1 is 1.20 bits per heavy atom. The van der Waals surface area contributed by atoms with Gasteiger partial charge in [-0.1, -0.05) is 18.2 Å². The Morgan fingerprint density at radius 2 is 2.10 bits per heavy atom. The smallest absolute Gasteiger partial charge is 0.166 e. The first kappa shape index (κ1) is 5.47. The predicted molar refractivity (Wildman–Crippen MR) is 35.3 cm³/mol. The highest BCUT2D eigenvalue weighted by Gasteiger charge is 2.06. The van der Waals surface area contributed by atoms with E-state index in [-0.39, 0.29) is 5.82 Å². The summed E-state index contributed by atoms with van der Waals surface area (Å²) in [6.07, 6.45) is 2.63. The zero-order valence-electron chi connectivity index (χ0n) is 5.17. The minimum Gasteiger partial charge on any atom is -0.469 e. The van der Waals surface area contributed by atoms with Gasteiger partial charge in [-0.05, 0) is 0 Å². The molecule has 1 heterocycles. The third kappa shape index (κ3) is 0.620. The SMILES string of the molecule is Fc1cocc2cccc1-2. The first-order valence-corrected chi connectivity index (χ1v) is 2.98. The molecule has 0 saturated carbocycles. The van der Waals surface area contributed by atoms with Crippen LogP contribution >= 0.6 is 0 Å². The van der Waals surface area contributed by atoms with E-state index in [0.717, 1.165) is 11.8 Å². The average Bonchev–Trinajstić information content (AvgIpc) is 2.36. The van der Waals surface area contributed by atoms with Gasteiger partial charge in [-0.15, -0.1) is 0 Å². The standard InChI is InChI=1S/C8H5FO/c9-8-5-10-4-6-2-1-3-7(6)8/h1-5H. The summed E-state index contributed by atoms with van der Waals surface area (Å²) in [7, 11) is 0. The van der Waals surface area contributed by atoms with Crippen molar-refractivity contribution in [3.8, 4) is 11.1 Å². The lowest BCUT2D eigenvalue weighted by Crippen LogP contribution is -1.78. The van der Waals surface area contributed by atoms with Crippen molar-refractivity contribution in [1.29, 1.82) is 0 Å². The Balaban J connectivity index is 2.80. The minimum absolute atomic E-state index is 0.303. The summed E-state index contributed by atoms with van der Waals surface area (Å²) in [5, 5.41) is 0. The van der Waals surface area contributed by atoms with Gasteiger partial charge in [-0.2, -0.15) is 0 Å². The maximum Gasteiger partial charge on any atom is 0.166 e. The molecule has 1 nitrogen and oxygen atoms in total. The average molecular weight is 136 g/mol. The summed E-state index contributed by atoms with van der Waals surface area (Å²) >= 11 is 0. The lowest BCUT2D eigenvalue weighted by atomic mass is 10.2. The van der Waals surface area contributed by atoms with Gasteiger partial charge in [0, 0.05) is 11.1 Å². The van der Waals surface area contributed by atoms with Gasteiger partial charge in [0.15, 0.2) is 5.82 Å². The molecular formula is C8H5FO. The van der Waals surface area contributed by atoms with Crippen LogP contribution in [0.25, 0.3) is 11.1 Å². The van der Waals surface area contributed by atoms with Gasteiger partial charge in [0.25, 0.3) is 0 Å². The van der Waals surface area contributed by atoms with Gasteiger partial charge in [-0.25, -0.2) is 4.39 Å². The van der Waals surface area contributed by atoms with Crippen LogP contribution in [0.15, 0.2) is 35.1 Å². The predicted octanol–water partition coefficient (Wildman–Crippen LogP) is 2.52. The monoisotopic (exact) mass is 136 g/mol. The highest BCUT2D eigenvalue weighted by Crippen LogP contribution is 2.24. The second-order valence-corrected chi connectivity index (χ2v) is 2.11. The molecule has 0 aromatic heterocycles. The van der Waals surface area contributed by atoms with Crippen LogP contribution in [-0.2, 0) is 0 Å². The summed E-state index contributed by atoms with van der Waals surface area (Å²) in [5.41, 5.74) is 1.42. The largest absolute Gasteiger partial charge is 0.469 e. The number of rotatable bonds is 0. The van der Waals surface area contributed by atoms with Crippen LogP contribution in [0.2, 0.25) is 0 Å². The van der Waals surface area contributed by atoms with Crippen molar-refractivity contribution < 1.29 is 8.81 Å². The molecule has 1 aliphatic heterocycles. The molecule has 0 radical (unpaired) electrons. The molecule has 0 bridgehead atoms. The van der Waals surface area contributed by atoms with E-state index in [9.17, 15) is 4.39 Å². The normalized spacial score (nSPS) is 10.5. The molecule has 50 valence electrons. The summed E-state index contributed by atoms with van der Waals surface area (Å²) in [5.74, 6) is -0.303. The van der Waals surface area contributed by atoms with Crippen LogP contribution in [0.4, 0.5) is 4.39 Å². The molecule has 0 atom stereocenters. The summed E-state index contributed by atoms with van der Waals surface area (Å²) in [6, 6.07) is 5.32. The van der Waals surface area contributed by atoms with Crippen LogP contribution in [0.5, 0.6) is 0 Å². The molecule has 0 saturated heterocycles. The molecule has 0 spiro atoms. The summed E-state index contributed by atoms with van der Waals surface area (Å²) in [4.78, 5) is 0. The zero-order chi connectivity index (χ0) is 6.97. The lowest BCUT2D eigenvalue weighted by molar-refractivity contribution is 0.494. The molecule has 0 N–H and O–H groups in total. The van der Waals surface area contributed by atoms with E-state index in [2.05, 4.69) is 0 Å². The Labute approximate surface area is 57.4 Å². The van der Waals surface area contributed by atoms with Gasteiger partial charge < -0.3 is 4.42 Å². The maximum absolute atomic E-state index is 12.7. The Morgan fingerprint density at radius 3 is 2.90 bits per heavy atom. The van der Waals surface area contributed by atoms with E-state index < -0.39 is 0 Å². The first-order chi connectivity index (χ1) is 4.88. The number of fused-ring (bicyclic) bond motifs is 1. The second kappa shape index (κ2) is 1.84. The van der Waals surface area contributed by atoms with Gasteiger partial charge >= 0.3 is 0 Å². The fraction of sp³-hybridized carbons (Fsp3) is 0. The lowest BCUT2D eigenvalue weighted by Gasteiger charge is -1.95. The highest BCUT2D eigenvalue weighted by molar-refractivity contribution is 5.64. The molecule has 0 unspecified atom stereocenters. The zero-order valence-corrected chi connectivity index (χ0v) is 5.17. The van der Waals surface area contributed by atoms with Crippen LogP contribution < -0.4 is 0 Å². The molecule has 10 heavy (non-hydrogen) atoms. The van der Waals surface area contributed by atoms with Crippen molar-refractivity contribution in [2.45, 2.75) is 0 Å². The molecule has 2 rings (SSSR count). The number of hydrogen-bond donors (Lipinski definition) is 0. The van der Waals surface area contributed by atoms with Gasteiger partial charge in [0.2, 0.25) is 0 Å². The fourth-order valence-corrected chi connectivity index (χ4v) is 0.985. The molecule has 0 aromatic carbocycles.